The van der Waals surface area contributed by atoms with Crippen molar-refractivity contribution in [3.05, 3.63) is 66.4 Å². The van der Waals surface area contributed by atoms with Gasteiger partial charge in [-0.15, -0.1) is 0 Å². The molecule has 1 amide bonds. The molecule has 0 bridgehead atoms. The number of aryl methyl sites for hydroxylation is 1. The molecule has 1 aromatic carbocycles. The number of allylic oxidation sites excluding steroid dienone is 3. The van der Waals surface area contributed by atoms with Gasteiger partial charge in [-0.1, -0.05) is 77.5 Å². The first-order valence-electron chi connectivity index (χ1n) is 14.4. The van der Waals surface area contributed by atoms with E-state index in [1.165, 1.54) is 5.56 Å². The Morgan fingerprint density at radius 2 is 1.89 bits per heavy atom. The summed E-state index contributed by atoms with van der Waals surface area (Å²) in [6, 6.07) is 6.43. The Morgan fingerprint density at radius 3 is 2.55 bits per heavy atom. The maximum Gasteiger partial charge on any atom is 0.220 e. The van der Waals surface area contributed by atoms with Crippen molar-refractivity contribution in [2.24, 2.45) is 5.92 Å². The minimum absolute atomic E-state index is 0.00857. The highest BCUT2D eigenvalue weighted by Crippen LogP contribution is 2.26. The lowest BCUT2D eigenvalue weighted by Crippen LogP contribution is -2.34. The lowest BCUT2D eigenvalue weighted by atomic mass is 9.87. The third-order valence-corrected chi connectivity index (χ3v) is 7.13. The van der Waals surface area contributed by atoms with Gasteiger partial charge in [-0.2, -0.15) is 0 Å². The van der Waals surface area contributed by atoms with Crippen LogP contribution in [0.1, 0.15) is 76.8 Å². The number of aliphatic hydroxyl groups is 2. The first kappa shape index (κ1) is 33.5. The largest absolute Gasteiger partial charge is 0.390 e. The molecule has 0 saturated heterocycles. The molecule has 0 spiro atoms. The third-order valence-electron chi connectivity index (χ3n) is 7.13. The summed E-state index contributed by atoms with van der Waals surface area (Å²) in [5.74, 6) is 0.0749. The first-order valence-corrected chi connectivity index (χ1v) is 14.4. The molecule has 0 aliphatic heterocycles. The molecule has 0 radical (unpaired) electrons. The van der Waals surface area contributed by atoms with Crippen LogP contribution in [0.15, 0.2) is 55.3 Å². The van der Waals surface area contributed by atoms with Gasteiger partial charge in [0.05, 0.1) is 12.2 Å². The van der Waals surface area contributed by atoms with Gasteiger partial charge in [-0.25, -0.2) is 0 Å². The lowest BCUT2D eigenvalue weighted by molar-refractivity contribution is -0.121. The zero-order chi connectivity index (χ0) is 28.3. The van der Waals surface area contributed by atoms with E-state index in [-0.39, 0.29) is 11.8 Å². The number of hydrogen-bond acceptors (Lipinski definition) is 5. The molecule has 0 aliphatic rings. The molecular formula is C32H53N3O3. The quantitative estimate of drug-likeness (QED) is 0.123. The molecule has 4 N–H and O–H groups in total. The molecule has 0 aliphatic carbocycles. The number of benzene rings is 1. The van der Waals surface area contributed by atoms with Gasteiger partial charge in [0.25, 0.3) is 0 Å². The number of amides is 1. The minimum atomic E-state index is -0.730. The van der Waals surface area contributed by atoms with E-state index < -0.39 is 12.2 Å². The lowest BCUT2D eigenvalue weighted by Gasteiger charge is -2.27. The van der Waals surface area contributed by atoms with Crippen LogP contribution in [0.2, 0.25) is 0 Å². The topological polar surface area (TPSA) is 84.8 Å². The van der Waals surface area contributed by atoms with E-state index in [1.54, 1.807) is 6.08 Å². The first-order chi connectivity index (χ1) is 18.3. The summed E-state index contributed by atoms with van der Waals surface area (Å²) in [4.78, 5) is 14.4. The second-order valence-corrected chi connectivity index (χ2v) is 10.2. The van der Waals surface area contributed by atoms with Gasteiger partial charge < -0.3 is 25.7 Å². The molecule has 214 valence electrons. The summed E-state index contributed by atoms with van der Waals surface area (Å²) >= 11 is 0. The number of unbranched alkanes of at least 4 members (excludes halogenated alkanes) is 2. The van der Waals surface area contributed by atoms with E-state index in [4.69, 9.17) is 0 Å². The predicted octanol–water partition coefficient (Wildman–Crippen LogP) is 5.62. The van der Waals surface area contributed by atoms with Crippen molar-refractivity contribution in [1.29, 1.82) is 0 Å². The third kappa shape index (κ3) is 12.8. The van der Waals surface area contributed by atoms with Crippen molar-refractivity contribution in [3.8, 4) is 0 Å². The van der Waals surface area contributed by atoms with Crippen molar-refractivity contribution in [2.75, 3.05) is 32.0 Å². The van der Waals surface area contributed by atoms with Crippen LogP contribution < -0.4 is 10.6 Å². The summed E-state index contributed by atoms with van der Waals surface area (Å²) in [5.41, 5.74) is 4.38. The Kier molecular flexibility index (Phi) is 17.2. The number of likely N-dealkylation sites (N-methyl/N-ethyl adjacent to an activating group) is 1. The fraction of sp³-hybridized carbons (Fsp3) is 0.594. The predicted molar refractivity (Wildman–Crippen MR) is 161 cm³/mol. The monoisotopic (exact) mass is 527 g/mol. The van der Waals surface area contributed by atoms with Crippen molar-refractivity contribution >= 4 is 11.6 Å². The minimum Gasteiger partial charge on any atom is -0.390 e. The summed E-state index contributed by atoms with van der Waals surface area (Å²) in [6.45, 7) is 16.0. The highest BCUT2D eigenvalue weighted by atomic mass is 16.3. The molecule has 0 heterocycles. The average Bonchev–Trinajstić information content (AvgIpc) is 2.92. The van der Waals surface area contributed by atoms with Crippen LogP contribution in [0.25, 0.3) is 0 Å². The van der Waals surface area contributed by atoms with Crippen LogP contribution in [0.4, 0.5) is 5.69 Å². The average molecular weight is 528 g/mol. The Labute approximate surface area is 231 Å². The van der Waals surface area contributed by atoms with Gasteiger partial charge in [0.15, 0.2) is 0 Å². The zero-order valence-corrected chi connectivity index (χ0v) is 24.3. The highest BCUT2D eigenvalue weighted by molar-refractivity contribution is 5.75. The van der Waals surface area contributed by atoms with E-state index >= 15 is 0 Å². The number of carbonyl (C=O) groups is 1. The molecular weight excluding hydrogens is 474 g/mol. The molecule has 6 heteroatoms. The fourth-order valence-corrected chi connectivity index (χ4v) is 4.50. The number of anilines is 1. The number of carbonyl (C=O) groups excluding carboxylic acids is 1. The van der Waals surface area contributed by atoms with Crippen LogP contribution in [0, 0.1) is 5.92 Å². The van der Waals surface area contributed by atoms with Crippen LogP contribution in [0.5, 0.6) is 0 Å². The highest BCUT2D eigenvalue weighted by Gasteiger charge is 2.25. The molecule has 6 nitrogen and oxygen atoms in total. The molecule has 38 heavy (non-hydrogen) atoms. The second kappa shape index (κ2) is 19.5. The maximum atomic E-state index is 12.3. The summed E-state index contributed by atoms with van der Waals surface area (Å²) in [7, 11) is 2.03. The van der Waals surface area contributed by atoms with E-state index in [9.17, 15) is 15.0 Å². The summed E-state index contributed by atoms with van der Waals surface area (Å²) < 4.78 is 0. The van der Waals surface area contributed by atoms with Crippen LogP contribution >= 0.6 is 0 Å². The van der Waals surface area contributed by atoms with E-state index in [0.717, 1.165) is 62.0 Å². The Bertz CT molecular complexity index is 868. The Balaban J connectivity index is 2.48. The van der Waals surface area contributed by atoms with E-state index in [2.05, 4.69) is 60.7 Å². The van der Waals surface area contributed by atoms with Gasteiger partial charge in [0.1, 0.15) is 0 Å². The van der Waals surface area contributed by atoms with Crippen LogP contribution in [0.3, 0.4) is 0 Å². The second-order valence-electron chi connectivity index (χ2n) is 10.2. The van der Waals surface area contributed by atoms with Gasteiger partial charge in [0.2, 0.25) is 5.91 Å². The maximum absolute atomic E-state index is 12.3. The van der Waals surface area contributed by atoms with Gasteiger partial charge >= 0.3 is 0 Å². The standard InChI is InChI=1S/C32H53N3O3/c1-7-11-16-25(5)35(6)22-14-12-13-17-31(37)34-21-20-33-29-23-26(9-3)18-19-28(29)24-27(10-4)32(38)30(36)15-8-2/h7,11,16,18-19,23,27,30,32-33,36,38H,1,5,8-10,12-15,17,20-22,24H2,2-4,6H3,(H,34,37)/b16-11-. The Morgan fingerprint density at radius 1 is 1.13 bits per heavy atom. The van der Waals surface area contributed by atoms with Crippen molar-refractivity contribution in [2.45, 2.75) is 90.8 Å². The molecule has 0 saturated carbocycles. The van der Waals surface area contributed by atoms with Gasteiger partial charge in [-0.05, 0) is 61.3 Å². The van der Waals surface area contributed by atoms with Gasteiger partial charge in [0, 0.05) is 44.5 Å². The SMILES string of the molecule is C=C/C=C\C(=C)N(C)CCCCCC(=O)NCCNc1cc(CC)ccc1CC(CC)C(O)C(O)CCC. The van der Waals surface area contributed by atoms with E-state index in [0.29, 0.717) is 32.4 Å². The Hall–Kier alpha value is -2.57. The van der Waals surface area contributed by atoms with Crippen LogP contribution in [-0.2, 0) is 17.6 Å². The normalized spacial score (nSPS) is 13.6. The molecule has 0 fully saturated rings. The van der Waals surface area contributed by atoms with E-state index in [1.807, 2.05) is 26.1 Å². The number of nitrogens with zero attached hydrogens (tertiary/aromatic N) is 1. The molecule has 0 aromatic heterocycles. The number of hydrogen-bond donors (Lipinski definition) is 4. The fourth-order valence-electron chi connectivity index (χ4n) is 4.50. The smallest absolute Gasteiger partial charge is 0.220 e. The molecule has 1 rings (SSSR count). The van der Waals surface area contributed by atoms with Crippen molar-refractivity contribution in [1.82, 2.24) is 10.2 Å². The van der Waals surface area contributed by atoms with Crippen molar-refractivity contribution in [3.63, 3.8) is 0 Å². The van der Waals surface area contributed by atoms with Gasteiger partial charge in [-0.3, -0.25) is 4.79 Å². The zero-order valence-electron chi connectivity index (χ0n) is 24.3. The molecule has 3 atom stereocenters. The summed E-state index contributed by atoms with van der Waals surface area (Å²) in [6.07, 6.45) is 11.5. The number of nitrogens with one attached hydrogen (secondary N) is 2. The van der Waals surface area contributed by atoms with Crippen LogP contribution in [-0.4, -0.2) is 59.9 Å². The van der Waals surface area contributed by atoms with Crippen molar-refractivity contribution < 1.29 is 15.0 Å². The number of aliphatic hydroxyl groups excluding tert-OH is 2. The number of rotatable bonds is 21. The molecule has 3 unspecified atom stereocenters. The molecule has 1 aromatic rings. The summed E-state index contributed by atoms with van der Waals surface area (Å²) in [5, 5.41) is 27.5.